The summed E-state index contributed by atoms with van der Waals surface area (Å²) in [5, 5.41) is 10.0. The van der Waals surface area contributed by atoms with Crippen LogP contribution in [0.15, 0.2) is 4.99 Å². The fourth-order valence-corrected chi connectivity index (χ4v) is 0.916. The topological polar surface area (TPSA) is 86.7 Å². The average Bonchev–Trinajstić information content (AvgIpc) is 2.06. The van der Waals surface area contributed by atoms with Gasteiger partial charge in [-0.05, 0) is 0 Å². The van der Waals surface area contributed by atoms with E-state index in [2.05, 4.69) is 10.4 Å². The molecular formula is C6H11N5O. The second kappa shape index (κ2) is 4.54. The van der Waals surface area contributed by atoms with Gasteiger partial charge in [0, 0.05) is 13.1 Å². The summed E-state index contributed by atoms with van der Waals surface area (Å²) >= 11 is 0. The van der Waals surface area contributed by atoms with Crippen molar-refractivity contribution in [3.8, 4) is 6.19 Å². The minimum Gasteiger partial charge on any atom is -0.379 e. The van der Waals surface area contributed by atoms with Crippen LogP contribution in [0.3, 0.4) is 0 Å². The first-order chi connectivity index (χ1) is 5.83. The van der Waals surface area contributed by atoms with Crippen molar-refractivity contribution in [1.29, 1.82) is 5.26 Å². The van der Waals surface area contributed by atoms with E-state index in [0.717, 1.165) is 13.1 Å². The third-order valence-electron chi connectivity index (χ3n) is 1.45. The van der Waals surface area contributed by atoms with Gasteiger partial charge in [-0.25, -0.2) is 5.01 Å². The molecule has 0 saturated carbocycles. The third-order valence-corrected chi connectivity index (χ3v) is 1.45. The van der Waals surface area contributed by atoms with Gasteiger partial charge >= 0.3 is 0 Å². The largest absolute Gasteiger partial charge is 0.379 e. The van der Waals surface area contributed by atoms with Gasteiger partial charge in [-0.15, -0.1) is 4.99 Å². The molecule has 0 aromatic rings. The monoisotopic (exact) mass is 169 g/mol. The molecule has 1 aliphatic rings. The number of aliphatic imine (C=N–C) groups is 1. The molecule has 0 amide bonds. The van der Waals surface area contributed by atoms with Crippen LogP contribution in [0.1, 0.15) is 0 Å². The lowest BCUT2D eigenvalue weighted by Crippen LogP contribution is -2.50. The summed E-state index contributed by atoms with van der Waals surface area (Å²) < 4.78 is 5.11. The number of nitriles is 1. The van der Waals surface area contributed by atoms with Gasteiger partial charge in [0.2, 0.25) is 12.2 Å². The average molecular weight is 169 g/mol. The van der Waals surface area contributed by atoms with Crippen molar-refractivity contribution in [3.05, 3.63) is 0 Å². The van der Waals surface area contributed by atoms with Crippen molar-refractivity contribution >= 4 is 5.96 Å². The molecule has 6 nitrogen and oxygen atoms in total. The zero-order chi connectivity index (χ0) is 8.81. The Morgan fingerprint density at radius 2 is 2.25 bits per heavy atom. The number of guanidine groups is 1. The van der Waals surface area contributed by atoms with Crippen LogP contribution in [0, 0.1) is 11.5 Å². The molecule has 1 aliphatic heterocycles. The smallest absolute Gasteiger partial charge is 0.219 e. The van der Waals surface area contributed by atoms with E-state index in [9.17, 15) is 0 Å². The van der Waals surface area contributed by atoms with Crippen molar-refractivity contribution in [1.82, 2.24) is 10.4 Å². The van der Waals surface area contributed by atoms with Gasteiger partial charge in [0.05, 0.1) is 13.2 Å². The lowest BCUT2D eigenvalue weighted by Gasteiger charge is -2.26. The molecule has 1 saturated heterocycles. The van der Waals surface area contributed by atoms with Crippen molar-refractivity contribution in [2.24, 2.45) is 10.7 Å². The summed E-state index contributed by atoms with van der Waals surface area (Å²) in [6.07, 6.45) is 1.60. The van der Waals surface area contributed by atoms with Crippen molar-refractivity contribution < 1.29 is 4.74 Å². The fourth-order valence-electron chi connectivity index (χ4n) is 0.916. The molecule has 0 radical (unpaired) electrons. The predicted octanol–water partition coefficient (Wildman–Crippen LogP) is -1.38. The summed E-state index contributed by atoms with van der Waals surface area (Å²) in [5.41, 5.74) is 8.13. The molecule has 1 fully saturated rings. The first kappa shape index (κ1) is 8.77. The first-order valence-corrected chi connectivity index (χ1v) is 3.64. The van der Waals surface area contributed by atoms with Crippen molar-refractivity contribution in [2.45, 2.75) is 0 Å². The van der Waals surface area contributed by atoms with E-state index in [1.54, 1.807) is 6.19 Å². The van der Waals surface area contributed by atoms with E-state index in [-0.39, 0.29) is 5.96 Å². The first-order valence-electron chi connectivity index (χ1n) is 3.64. The Labute approximate surface area is 70.6 Å². The fraction of sp³-hybridized carbons (Fsp3) is 0.667. The molecule has 0 aromatic heterocycles. The molecule has 0 bridgehead atoms. The van der Waals surface area contributed by atoms with Crippen LogP contribution in [0.25, 0.3) is 0 Å². The molecule has 0 atom stereocenters. The van der Waals surface area contributed by atoms with E-state index >= 15 is 0 Å². The van der Waals surface area contributed by atoms with E-state index in [0.29, 0.717) is 13.2 Å². The highest BCUT2D eigenvalue weighted by Gasteiger charge is 2.09. The van der Waals surface area contributed by atoms with Gasteiger partial charge in [-0.3, -0.25) is 5.43 Å². The third kappa shape index (κ3) is 2.74. The van der Waals surface area contributed by atoms with E-state index in [1.165, 1.54) is 0 Å². The summed E-state index contributed by atoms with van der Waals surface area (Å²) in [6, 6.07) is 0. The van der Waals surface area contributed by atoms with Crippen LogP contribution in [-0.4, -0.2) is 37.3 Å². The van der Waals surface area contributed by atoms with Gasteiger partial charge < -0.3 is 10.5 Å². The summed E-state index contributed by atoms with van der Waals surface area (Å²) in [4.78, 5) is 3.33. The number of hydrogen-bond donors (Lipinski definition) is 2. The Kier molecular flexibility index (Phi) is 3.32. The Balaban J connectivity index is 2.30. The highest BCUT2D eigenvalue weighted by atomic mass is 16.5. The highest BCUT2D eigenvalue weighted by molar-refractivity contribution is 5.78. The molecule has 1 rings (SSSR count). The lowest BCUT2D eigenvalue weighted by molar-refractivity contribution is 0.0246. The van der Waals surface area contributed by atoms with Crippen molar-refractivity contribution in [2.75, 3.05) is 26.3 Å². The zero-order valence-electron chi connectivity index (χ0n) is 6.66. The number of morpholine rings is 1. The Bertz CT molecular complexity index is 202. The van der Waals surface area contributed by atoms with E-state index in [1.807, 2.05) is 5.01 Å². The minimum absolute atomic E-state index is 0.124. The van der Waals surface area contributed by atoms with Crippen LogP contribution in [0.2, 0.25) is 0 Å². The second-order valence-electron chi connectivity index (χ2n) is 2.31. The minimum atomic E-state index is 0.124. The maximum Gasteiger partial charge on any atom is 0.219 e. The molecule has 0 unspecified atom stereocenters. The number of nitrogens with zero attached hydrogens (tertiary/aromatic N) is 3. The summed E-state index contributed by atoms with van der Waals surface area (Å²) in [5.74, 6) is 0.124. The van der Waals surface area contributed by atoms with Crippen LogP contribution in [-0.2, 0) is 4.74 Å². The van der Waals surface area contributed by atoms with Crippen molar-refractivity contribution in [3.63, 3.8) is 0 Å². The van der Waals surface area contributed by atoms with Gasteiger partial charge in [0.15, 0.2) is 0 Å². The molecule has 0 spiro atoms. The molecule has 0 aliphatic carbocycles. The number of ether oxygens (including phenoxy) is 1. The van der Waals surface area contributed by atoms with E-state index < -0.39 is 0 Å². The number of hydrazine groups is 1. The zero-order valence-corrected chi connectivity index (χ0v) is 6.66. The van der Waals surface area contributed by atoms with Crippen LogP contribution >= 0.6 is 0 Å². The number of nitrogens with one attached hydrogen (secondary N) is 1. The molecule has 6 heteroatoms. The standard InChI is InChI=1S/C6H11N5O/c7-5-9-6(8)10-11-1-3-12-4-2-11/h1-4H2,(H3,8,9,10). The highest BCUT2D eigenvalue weighted by Crippen LogP contribution is 1.91. The Hall–Kier alpha value is -1.32. The molecule has 66 valence electrons. The summed E-state index contributed by atoms with van der Waals surface area (Å²) in [6.45, 7) is 2.85. The van der Waals surface area contributed by atoms with Gasteiger partial charge in [0.1, 0.15) is 0 Å². The maximum absolute atomic E-state index is 8.17. The number of nitrogens with two attached hydrogens (primary N) is 1. The SMILES string of the molecule is N#CN=C(N)NN1CCOCC1. The molecule has 3 N–H and O–H groups in total. The number of hydrogen-bond acceptors (Lipinski definition) is 4. The molecule has 1 heterocycles. The Morgan fingerprint density at radius 1 is 1.58 bits per heavy atom. The quantitative estimate of drug-likeness (QED) is 0.287. The van der Waals surface area contributed by atoms with E-state index in [4.69, 9.17) is 15.7 Å². The molecular weight excluding hydrogens is 158 g/mol. The van der Waals surface area contributed by atoms with Gasteiger partial charge in [-0.1, -0.05) is 0 Å². The second-order valence-corrected chi connectivity index (χ2v) is 2.31. The van der Waals surface area contributed by atoms with Crippen LogP contribution in [0.4, 0.5) is 0 Å². The predicted molar refractivity (Wildman–Crippen MR) is 42.8 cm³/mol. The van der Waals surface area contributed by atoms with Gasteiger partial charge in [0.25, 0.3) is 0 Å². The van der Waals surface area contributed by atoms with Gasteiger partial charge in [-0.2, -0.15) is 5.26 Å². The normalized spacial score (nSPS) is 20.1. The molecule has 0 aromatic carbocycles. The Morgan fingerprint density at radius 3 is 2.83 bits per heavy atom. The molecule has 12 heavy (non-hydrogen) atoms. The van der Waals surface area contributed by atoms with Crippen LogP contribution < -0.4 is 11.2 Å². The van der Waals surface area contributed by atoms with Crippen LogP contribution in [0.5, 0.6) is 0 Å². The lowest BCUT2D eigenvalue weighted by atomic mass is 10.5. The summed E-state index contributed by atoms with van der Waals surface area (Å²) in [7, 11) is 0. The maximum atomic E-state index is 8.17. The number of rotatable bonds is 1.